The number of nitrogens with zero attached hydrogens (tertiary/aromatic N) is 10. The van der Waals surface area contributed by atoms with E-state index in [-0.39, 0.29) is 41.5 Å². The van der Waals surface area contributed by atoms with Gasteiger partial charge in [0, 0.05) is 105 Å². The fourth-order valence-electron chi connectivity index (χ4n) is 12.0. The molecule has 2 aliphatic heterocycles. The molecule has 0 bridgehead atoms. The van der Waals surface area contributed by atoms with Crippen molar-refractivity contribution in [2.24, 2.45) is 7.05 Å². The zero-order valence-corrected chi connectivity index (χ0v) is 41.1. The quantitative estimate of drug-likeness (QED) is 0.136. The van der Waals surface area contributed by atoms with E-state index in [2.05, 4.69) is 48.2 Å². The van der Waals surface area contributed by atoms with Gasteiger partial charge >= 0.3 is 0 Å². The molecular formula is C53H62ClF2N11O3. The number of nitriles is 1. The van der Waals surface area contributed by atoms with Gasteiger partial charge < -0.3 is 24.8 Å². The third kappa shape index (κ3) is 9.88. The van der Waals surface area contributed by atoms with Crippen LogP contribution in [0.4, 0.5) is 14.6 Å². The van der Waals surface area contributed by atoms with Crippen molar-refractivity contribution in [2.45, 2.75) is 146 Å². The molecule has 1 saturated heterocycles. The van der Waals surface area contributed by atoms with E-state index in [1.807, 2.05) is 17.0 Å². The standard InChI is InChI=1S/C53H62ClF2N11O3/c1-32(68)66-24-21-49-46(31-66)51(42-6-4-5-33-25-43(35-29-58-63(2)30-35)45(52(55)56)27-44(33)42)62-67(49)39-12-10-37(11-13-39)64(3)38-19-22-65(23-20-38)50-18-17-48(60-61-50)53(69)59-36-8-15-40(16-9-36)70-41-14-7-34(28-57)47(54)26-41/h7,14,17-18,25-27,29-30,36-40,42,52H,4-6,8-13,15-16,19-24,31H2,1-3H3,(H,59,69). The van der Waals surface area contributed by atoms with Gasteiger partial charge in [0.2, 0.25) is 5.91 Å². The molecular weight excluding hydrogens is 912 g/mol. The van der Waals surface area contributed by atoms with Crippen LogP contribution in [0.25, 0.3) is 11.1 Å². The summed E-state index contributed by atoms with van der Waals surface area (Å²) in [6, 6.07) is 15.7. The van der Waals surface area contributed by atoms with E-state index in [1.165, 1.54) is 5.69 Å². The molecule has 1 N–H and O–H groups in total. The monoisotopic (exact) mass is 973 g/mol. The minimum absolute atomic E-state index is 0.0164. The Bertz CT molecular complexity index is 2750. The molecule has 5 heterocycles. The summed E-state index contributed by atoms with van der Waals surface area (Å²) >= 11 is 6.18. The van der Waals surface area contributed by atoms with Gasteiger partial charge in [-0.1, -0.05) is 17.7 Å². The van der Waals surface area contributed by atoms with Crippen molar-refractivity contribution < 1.29 is 23.1 Å². The molecule has 3 fully saturated rings. The van der Waals surface area contributed by atoms with Crippen molar-refractivity contribution in [3.05, 3.63) is 105 Å². The molecule has 3 aliphatic carbocycles. The molecule has 5 aliphatic rings. The molecule has 5 aromatic rings. The van der Waals surface area contributed by atoms with Crippen molar-refractivity contribution in [2.75, 3.05) is 31.6 Å². The van der Waals surface area contributed by atoms with E-state index >= 15 is 0 Å². The number of benzene rings is 2. The van der Waals surface area contributed by atoms with Crippen molar-refractivity contribution in [1.29, 1.82) is 5.26 Å². The van der Waals surface area contributed by atoms with Gasteiger partial charge in [-0.05, 0) is 138 Å². The van der Waals surface area contributed by atoms with Crippen LogP contribution in [0.15, 0.2) is 54.9 Å². The van der Waals surface area contributed by atoms with Gasteiger partial charge in [0.1, 0.15) is 11.8 Å². The van der Waals surface area contributed by atoms with E-state index in [0.717, 1.165) is 131 Å². The molecule has 0 spiro atoms. The Labute approximate surface area is 413 Å². The molecule has 2 saturated carbocycles. The summed E-state index contributed by atoms with van der Waals surface area (Å²) in [4.78, 5) is 32.7. The largest absolute Gasteiger partial charge is 0.490 e. The van der Waals surface area contributed by atoms with Crippen molar-refractivity contribution in [1.82, 2.24) is 44.9 Å². The molecule has 70 heavy (non-hydrogen) atoms. The SMILES string of the molecule is CC(=O)N1CCc2c(c(C3CCCc4cc(-c5cnn(C)c5)c(C(F)F)cc43)nn2C2CCC(N(C)C3CCN(c4ccc(C(=O)NC5CCC(Oc6ccc(C#N)c(Cl)c6)CC5)nn4)CC3)CC2)C1. The molecule has 1 atom stereocenters. The molecule has 2 aromatic carbocycles. The third-order valence-corrected chi connectivity index (χ3v) is 16.3. The Balaban J connectivity index is 0.736. The first-order valence-electron chi connectivity index (χ1n) is 25.2. The highest BCUT2D eigenvalue weighted by Crippen LogP contribution is 2.45. The average Bonchev–Trinajstić information content (AvgIpc) is 3.99. The van der Waals surface area contributed by atoms with Crippen LogP contribution in [0.3, 0.4) is 0 Å². The molecule has 14 nitrogen and oxygen atoms in total. The number of halogens is 3. The van der Waals surface area contributed by atoms with Crippen LogP contribution >= 0.6 is 11.6 Å². The lowest BCUT2D eigenvalue weighted by Crippen LogP contribution is -2.48. The smallest absolute Gasteiger partial charge is 0.272 e. The number of aryl methyl sites for hydroxylation is 2. The van der Waals surface area contributed by atoms with E-state index < -0.39 is 6.43 Å². The highest BCUT2D eigenvalue weighted by atomic mass is 35.5. The van der Waals surface area contributed by atoms with Crippen molar-refractivity contribution >= 4 is 29.2 Å². The second-order valence-electron chi connectivity index (χ2n) is 20.2. The normalized spacial score (nSPS) is 22.9. The number of alkyl halides is 2. The highest BCUT2D eigenvalue weighted by molar-refractivity contribution is 6.31. The summed E-state index contributed by atoms with van der Waals surface area (Å²) in [6.45, 7) is 4.50. The van der Waals surface area contributed by atoms with E-state index in [9.17, 15) is 18.4 Å². The maximum atomic E-state index is 14.8. The molecule has 0 radical (unpaired) electrons. The topological polar surface area (TPSA) is 150 Å². The zero-order chi connectivity index (χ0) is 48.6. The predicted molar refractivity (Wildman–Crippen MR) is 262 cm³/mol. The van der Waals surface area contributed by atoms with Crippen LogP contribution in [0, 0.1) is 11.3 Å². The predicted octanol–water partition coefficient (Wildman–Crippen LogP) is 9.11. The molecule has 10 rings (SSSR count). The lowest BCUT2D eigenvalue weighted by molar-refractivity contribution is -0.129. The summed E-state index contributed by atoms with van der Waals surface area (Å²) in [5.41, 5.74) is 7.30. The van der Waals surface area contributed by atoms with E-state index in [1.54, 1.807) is 61.4 Å². The Morgan fingerprint density at radius 3 is 2.37 bits per heavy atom. The van der Waals surface area contributed by atoms with Gasteiger partial charge in [-0.25, -0.2) is 8.78 Å². The summed E-state index contributed by atoms with van der Waals surface area (Å²) in [7, 11) is 4.08. The molecule has 2 amide bonds. The van der Waals surface area contributed by atoms with Crippen LogP contribution in [-0.4, -0.2) is 102 Å². The Hall–Kier alpha value is -5.92. The number of anilines is 1. The number of aromatic nitrogens is 6. The summed E-state index contributed by atoms with van der Waals surface area (Å²) in [5.74, 6) is 1.13. The Kier molecular flexibility index (Phi) is 13.9. The summed E-state index contributed by atoms with van der Waals surface area (Å²) < 4.78 is 39.7. The number of fused-ring (bicyclic) bond motifs is 2. The van der Waals surface area contributed by atoms with Gasteiger partial charge in [0.05, 0.1) is 34.6 Å². The Morgan fingerprint density at radius 2 is 1.70 bits per heavy atom. The molecule has 17 heteroatoms. The van der Waals surface area contributed by atoms with Gasteiger partial charge in [-0.3, -0.25) is 19.0 Å². The lowest BCUT2D eigenvalue weighted by Gasteiger charge is -2.43. The van der Waals surface area contributed by atoms with Crippen LogP contribution < -0.4 is 15.0 Å². The summed E-state index contributed by atoms with van der Waals surface area (Å²) in [5, 5.41) is 31.2. The number of hydrogen-bond acceptors (Lipinski definition) is 10. The number of carbonyl (C=O) groups is 2. The minimum Gasteiger partial charge on any atom is -0.490 e. The fraction of sp³-hybridized carbons (Fsp3) is 0.528. The summed E-state index contributed by atoms with van der Waals surface area (Å²) in [6.07, 6.45) is 13.5. The first-order valence-corrected chi connectivity index (χ1v) is 25.6. The molecule has 3 aromatic heterocycles. The number of amides is 2. The molecule has 1 unspecified atom stereocenters. The molecule has 368 valence electrons. The van der Waals surface area contributed by atoms with Gasteiger partial charge in [-0.15, -0.1) is 10.2 Å². The van der Waals surface area contributed by atoms with E-state index in [4.69, 9.17) is 26.7 Å². The number of hydrogen-bond donors (Lipinski definition) is 1. The van der Waals surface area contributed by atoms with Crippen LogP contribution in [0.5, 0.6) is 5.75 Å². The first kappa shape index (κ1) is 47.7. The second-order valence-corrected chi connectivity index (χ2v) is 20.6. The number of piperidine rings is 1. The van der Waals surface area contributed by atoms with Gasteiger partial charge in [0.25, 0.3) is 12.3 Å². The number of ether oxygens (including phenoxy) is 1. The highest BCUT2D eigenvalue weighted by Gasteiger charge is 2.38. The van der Waals surface area contributed by atoms with E-state index in [0.29, 0.717) is 58.3 Å². The van der Waals surface area contributed by atoms with Crippen LogP contribution in [0.2, 0.25) is 5.02 Å². The second kappa shape index (κ2) is 20.4. The zero-order valence-electron chi connectivity index (χ0n) is 40.3. The minimum atomic E-state index is -2.63. The lowest BCUT2D eigenvalue weighted by atomic mass is 9.77. The maximum absolute atomic E-state index is 14.8. The van der Waals surface area contributed by atoms with Crippen LogP contribution in [-0.2, 0) is 31.2 Å². The maximum Gasteiger partial charge on any atom is 0.272 e. The van der Waals surface area contributed by atoms with Crippen molar-refractivity contribution in [3.8, 4) is 22.9 Å². The number of rotatable bonds is 11. The number of nitrogens with one attached hydrogen (secondary N) is 1. The van der Waals surface area contributed by atoms with Gasteiger partial charge in [0.15, 0.2) is 11.5 Å². The van der Waals surface area contributed by atoms with Gasteiger partial charge in [-0.2, -0.15) is 15.5 Å². The first-order chi connectivity index (χ1) is 33.9. The van der Waals surface area contributed by atoms with Crippen LogP contribution in [0.1, 0.15) is 152 Å². The third-order valence-electron chi connectivity index (χ3n) is 16.0. The number of carbonyl (C=O) groups excluding carboxylic acids is 2. The Morgan fingerprint density at radius 1 is 0.929 bits per heavy atom. The average molecular weight is 975 g/mol. The fourth-order valence-corrected chi connectivity index (χ4v) is 12.2. The van der Waals surface area contributed by atoms with Crippen molar-refractivity contribution in [3.63, 3.8) is 0 Å².